The smallest absolute Gasteiger partial charge is 0.264 e. The van der Waals surface area contributed by atoms with Crippen LogP contribution in [0.3, 0.4) is 0 Å². The normalized spacial score (nSPS) is 18.0. The molecule has 0 spiro atoms. The summed E-state index contributed by atoms with van der Waals surface area (Å²) in [7, 11) is 0. The molecular weight excluding hydrogens is 458 g/mol. The van der Waals surface area contributed by atoms with Crippen molar-refractivity contribution in [3.05, 3.63) is 51.5 Å². The number of aromatic nitrogens is 2. The van der Waals surface area contributed by atoms with Crippen LogP contribution in [-0.2, 0) is 11.3 Å². The van der Waals surface area contributed by atoms with Crippen molar-refractivity contribution in [3.8, 4) is 0 Å². The number of aryl methyl sites for hydroxylation is 1. The zero-order valence-electron chi connectivity index (χ0n) is 18.9. The molecule has 1 atom stereocenters. The molecule has 1 aromatic carbocycles. The van der Waals surface area contributed by atoms with E-state index in [2.05, 4.69) is 15.3 Å². The van der Waals surface area contributed by atoms with Crippen LogP contribution in [-0.4, -0.2) is 69.7 Å². The zero-order valence-corrected chi connectivity index (χ0v) is 20.5. The lowest BCUT2D eigenvalue weighted by Gasteiger charge is -2.37. The van der Waals surface area contributed by atoms with E-state index in [-0.39, 0.29) is 17.9 Å². The molecule has 9 heteroatoms. The number of carbonyl (C=O) groups excluding carboxylic acids is 2. The van der Waals surface area contributed by atoms with Gasteiger partial charge in [-0.15, -0.1) is 11.3 Å². The predicted octanol–water partition coefficient (Wildman–Crippen LogP) is 3.53. The number of thiophene rings is 1. The highest BCUT2D eigenvalue weighted by atomic mass is 35.5. The van der Waals surface area contributed by atoms with Gasteiger partial charge < -0.3 is 10.2 Å². The van der Waals surface area contributed by atoms with Crippen LogP contribution in [0.15, 0.2) is 30.3 Å². The van der Waals surface area contributed by atoms with Crippen LogP contribution in [0.2, 0.25) is 5.02 Å². The third-order valence-electron chi connectivity index (χ3n) is 6.52. The molecule has 7 nitrogen and oxygen atoms in total. The summed E-state index contributed by atoms with van der Waals surface area (Å²) in [5.41, 5.74) is 2.04. The van der Waals surface area contributed by atoms with Gasteiger partial charge in [-0.3, -0.25) is 19.2 Å². The molecule has 1 unspecified atom stereocenters. The number of hydrogen-bond acceptors (Lipinski definition) is 5. The fraction of sp³-hybridized carbons (Fsp3) is 0.458. The highest BCUT2D eigenvalue weighted by molar-refractivity contribution is 7.20. The molecule has 1 saturated heterocycles. The third-order valence-corrected chi connectivity index (χ3v) is 7.90. The summed E-state index contributed by atoms with van der Waals surface area (Å²) in [6.07, 6.45) is 2.18. The van der Waals surface area contributed by atoms with Gasteiger partial charge in [0, 0.05) is 42.6 Å². The Bertz CT molecular complexity index is 1180. The lowest BCUT2D eigenvalue weighted by Crippen LogP contribution is -2.55. The van der Waals surface area contributed by atoms with Crippen molar-refractivity contribution in [2.45, 2.75) is 45.3 Å². The molecule has 0 radical (unpaired) electrons. The van der Waals surface area contributed by atoms with Gasteiger partial charge in [0.2, 0.25) is 5.91 Å². The second-order valence-electron chi connectivity index (χ2n) is 8.99. The van der Waals surface area contributed by atoms with Gasteiger partial charge in [0.25, 0.3) is 5.91 Å². The van der Waals surface area contributed by atoms with E-state index in [1.54, 1.807) is 0 Å². The molecule has 2 fully saturated rings. The van der Waals surface area contributed by atoms with Gasteiger partial charge in [0.05, 0.1) is 23.2 Å². The lowest BCUT2D eigenvalue weighted by molar-refractivity contribution is -0.126. The maximum Gasteiger partial charge on any atom is 0.264 e. The Balaban J connectivity index is 1.25. The molecule has 33 heavy (non-hydrogen) atoms. The Labute approximate surface area is 202 Å². The number of fused-ring (bicyclic) bond motifs is 1. The summed E-state index contributed by atoms with van der Waals surface area (Å²) in [6, 6.07) is 9.94. The van der Waals surface area contributed by atoms with Crippen LogP contribution in [0.5, 0.6) is 0 Å². The topological polar surface area (TPSA) is 70.5 Å². The molecule has 2 amide bonds. The second kappa shape index (κ2) is 9.08. The summed E-state index contributed by atoms with van der Waals surface area (Å²) >= 11 is 7.50. The lowest BCUT2D eigenvalue weighted by atomic mass is 10.2. The van der Waals surface area contributed by atoms with Crippen LogP contribution in [0.4, 0.5) is 0 Å². The van der Waals surface area contributed by atoms with Gasteiger partial charge in [-0.25, -0.2) is 0 Å². The maximum absolute atomic E-state index is 13.2. The molecule has 1 N–H and O–H groups in total. The molecule has 2 aromatic heterocycles. The first-order valence-corrected chi connectivity index (χ1v) is 12.6. The molecular formula is C24H28ClN5O2S. The first-order chi connectivity index (χ1) is 15.9. The first-order valence-electron chi connectivity index (χ1n) is 11.4. The Hall–Kier alpha value is -2.42. The Morgan fingerprint density at radius 2 is 1.88 bits per heavy atom. The molecule has 2 aliphatic rings. The Morgan fingerprint density at radius 1 is 1.18 bits per heavy atom. The van der Waals surface area contributed by atoms with Gasteiger partial charge in [0.15, 0.2) is 0 Å². The van der Waals surface area contributed by atoms with E-state index in [1.165, 1.54) is 11.3 Å². The van der Waals surface area contributed by atoms with Crippen molar-refractivity contribution in [2.75, 3.05) is 26.2 Å². The van der Waals surface area contributed by atoms with Crippen LogP contribution in [0.25, 0.3) is 10.2 Å². The van der Waals surface area contributed by atoms with Gasteiger partial charge in [0.1, 0.15) is 4.83 Å². The molecule has 1 saturated carbocycles. The average molecular weight is 486 g/mol. The molecule has 0 bridgehead atoms. The fourth-order valence-electron chi connectivity index (χ4n) is 4.27. The summed E-state index contributed by atoms with van der Waals surface area (Å²) in [5, 5.41) is 9.49. The highest BCUT2D eigenvalue weighted by Crippen LogP contribution is 2.30. The van der Waals surface area contributed by atoms with E-state index in [0.29, 0.717) is 43.8 Å². The highest BCUT2D eigenvalue weighted by Gasteiger charge is 2.31. The van der Waals surface area contributed by atoms with E-state index >= 15 is 0 Å². The van der Waals surface area contributed by atoms with Gasteiger partial charge in [-0.1, -0.05) is 23.7 Å². The van der Waals surface area contributed by atoms with Crippen LogP contribution in [0.1, 0.15) is 40.7 Å². The molecule has 1 aliphatic carbocycles. The standard InChI is InChI=1S/C24H28ClN5O2S/c1-15-20-13-21(33-24(20)30(27-15)14-17-3-5-18(25)6-4-17)23(32)29-11-9-28(10-12-29)16(2)22(31)26-19-7-8-19/h3-6,13,16,19H,7-12,14H2,1-2H3,(H,26,31). The van der Waals surface area contributed by atoms with Crippen molar-refractivity contribution in [1.29, 1.82) is 0 Å². The number of piperazine rings is 1. The zero-order chi connectivity index (χ0) is 23.1. The average Bonchev–Trinajstić information content (AvgIpc) is 3.44. The van der Waals surface area contributed by atoms with Crippen molar-refractivity contribution < 1.29 is 9.59 Å². The van der Waals surface area contributed by atoms with Crippen molar-refractivity contribution in [2.24, 2.45) is 0 Å². The number of amides is 2. The fourth-order valence-corrected chi connectivity index (χ4v) is 5.53. The Kier molecular flexibility index (Phi) is 6.16. The van der Waals surface area contributed by atoms with E-state index in [0.717, 1.165) is 39.2 Å². The van der Waals surface area contributed by atoms with Crippen molar-refractivity contribution >= 4 is 45.0 Å². The van der Waals surface area contributed by atoms with Crippen molar-refractivity contribution in [1.82, 2.24) is 24.9 Å². The number of halogens is 1. The summed E-state index contributed by atoms with van der Waals surface area (Å²) in [5.74, 6) is 0.158. The summed E-state index contributed by atoms with van der Waals surface area (Å²) in [6.45, 7) is 7.24. The number of nitrogens with zero attached hydrogens (tertiary/aromatic N) is 4. The molecule has 1 aliphatic heterocycles. The van der Waals surface area contributed by atoms with E-state index in [9.17, 15) is 9.59 Å². The number of hydrogen-bond donors (Lipinski definition) is 1. The quantitative estimate of drug-likeness (QED) is 0.579. The van der Waals surface area contributed by atoms with E-state index in [4.69, 9.17) is 11.6 Å². The first kappa shape index (κ1) is 22.4. The third kappa shape index (κ3) is 4.78. The van der Waals surface area contributed by atoms with E-state index in [1.807, 2.05) is 53.8 Å². The molecule has 3 aromatic rings. The number of nitrogens with one attached hydrogen (secondary N) is 1. The van der Waals surface area contributed by atoms with Crippen LogP contribution in [0, 0.1) is 6.92 Å². The van der Waals surface area contributed by atoms with Crippen LogP contribution < -0.4 is 5.32 Å². The molecule has 174 valence electrons. The SMILES string of the molecule is Cc1nn(Cc2ccc(Cl)cc2)c2sc(C(=O)N3CCN(C(C)C(=O)NC4CC4)CC3)cc12. The minimum absolute atomic E-state index is 0.0587. The number of rotatable bonds is 6. The minimum atomic E-state index is -0.159. The molecule has 3 heterocycles. The predicted molar refractivity (Wildman–Crippen MR) is 131 cm³/mol. The number of benzene rings is 1. The Morgan fingerprint density at radius 3 is 2.55 bits per heavy atom. The van der Waals surface area contributed by atoms with Crippen LogP contribution >= 0.6 is 22.9 Å². The maximum atomic E-state index is 13.2. The minimum Gasteiger partial charge on any atom is -0.352 e. The number of carbonyl (C=O) groups is 2. The largest absolute Gasteiger partial charge is 0.352 e. The van der Waals surface area contributed by atoms with Gasteiger partial charge in [-0.05, 0) is 50.5 Å². The monoisotopic (exact) mass is 485 g/mol. The van der Waals surface area contributed by atoms with E-state index < -0.39 is 0 Å². The van der Waals surface area contributed by atoms with Gasteiger partial charge in [-0.2, -0.15) is 5.10 Å². The van der Waals surface area contributed by atoms with Crippen molar-refractivity contribution in [3.63, 3.8) is 0 Å². The van der Waals surface area contributed by atoms with Gasteiger partial charge >= 0.3 is 0 Å². The summed E-state index contributed by atoms with van der Waals surface area (Å²) < 4.78 is 1.97. The molecule has 5 rings (SSSR count). The summed E-state index contributed by atoms with van der Waals surface area (Å²) in [4.78, 5) is 31.4. The second-order valence-corrected chi connectivity index (χ2v) is 10.5.